The van der Waals surface area contributed by atoms with Gasteiger partial charge in [0.2, 0.25) is 0 Å². The SMILES string of the molecule is C=C(C)C#CC[N+]1(CC#Cc2ccccc2)CCOCC1. The molecule has 2 nitrogen and oxygen atoms in total. The molecule has 0 atom stereocenters. The van der Waals surface area contributed by atoms with Crippen molar-refractivity contribution in [3.8, 4) is 23.7 Å². The number of nitrogens with zero attached hydrogens (tertiary/aromatic N) is 1. The van der Waals surface area contributed by atoms with Gasteiger partial charge in [0.05, 0.1) is 13.2 Å². The Labute approximate surface area is 128 Å². The second-order valence-corrected chi connectivity index (χ2v) is 5.47. The molecule has 1 heterocycles. The molecule has 2 rings (SSSR count). The highest BCUT2D eigenvalue weighted by Gasteiger charge is 2.28. The maximum Gasteiger partial charge on any atom is 0.142 e. The van der Waals surface area contributed by atoms with Gasteiger partial charge in [0.1, 0.15) is 26.2 Å². The first-order valence-corrected chi connectivity index (χ1v) is 7.31. The molecule has 21 heavy (non-hydrogen) atoms. The molecular weight excluding hydrogens is 258 g/mol. The minimum absolute atomic E-state index is 0.793. The number of morpholine rings is 1. The van der Waals surface area contributed by atoms with Crippen molar-refractivity contribution in [1.29, 1.82) is 0 Å². The van der Waals surface area contributed by atoms with Crippen molar-refractivity contribution in [2.24, 2.45) is 0 Å². The van der Waals surface area contributed by atoms with E-state index in [1.54, 1.807) is 0 Å². The lowest BCUT2D eigenvalue weighted by atomic mass is 10.2. The van der Waals surface area contributed by atoms with E-state index in [4.69, 9.17) is 4.74 Å². The predicted molar refractivity (Wildman–Crippen MR) is 86.5 cm³/mol. The van der Waals surface area contributed by atoms with Gasteiger partial charge in [-0.15, -0.1) is 0 Å². The van der Waals surface area contributed by atoms with Gasteiger partial charge in [0.25, 0.3) is 0 Å². The molecule has 0 N–H and O–H groups in total. The van der Waals surface area contributed by atoms with Crippen LogP contribution < -0.4 is 0 Å². The third-order valence-corrected chi connectivity index (χ3v) is 3.56. The fourth-order valence-corrected chi connectivity index (χ4v) is 2.29. The summed E-state index contributed by atoms with van der Waals surface area (Å²) in [4.78, 5) is 0. The summed E-state index contributed by atoms with van der Waals surface area (Å²) in [6, 6.07) is 10.1. The summed E-state index contributed by atoms with van der Waals surface area (Å²) >= 11 is 0. The average Bonchev–Trinajstić information content (AvgIpc) is 2.49. The molecule has 0 bridgehead atoms. The second-order valence-electron chi connectivity index (χ2n) is 5.47. The Morgan fingerprint density at radius 2 is 1.81 bits per heavy atom. The maximum absolute atomic E-state index is 5.49. The molecular formula is C19H22NO+. The van der Waals surface area contributed by atoms with Crippen LogP contribution in [0.4, 0.5) is 0 Å². The lowest BCUT2D eigenvalue weighted by Gasteiger charge is -2.38. The summed E-state index contributed by atoms with van der Waals surface area (Å²) in [5, 5.41) is 0. The summed E-state index contributed by atoms with van der Waals surface area (Å²) in [7, 11) is 0. The minimum atomic E-state index is 0.793. The molecule has 0 amide bonds. The molecule has 0 radical (unpaired) electrons. The van der Waals surface area contributed by atoms with Crippen molar-refractivity contribution < 1.29 is 9.22 Å². The standard InChI is InChI=1S/C19H22NO/c1-18(2)8-6-12-20(14-16-21-17-15-20)13-7-11-19-9-4-3-5-10-19/h3-5,9-10H,1,12-17H2,2H3/q+1. The van der Waals surface area contributed by atoms with E-state index < -0.39 is 0 Å². The van der Waals surface area contributed by atoms with E-state index in [0.29, 0.717) is 0 Å². The molecule has 108 valence electrons. The first-order chi connectivity index (χ1) is 10.2. The number of hydrogen-bond acceptors (Lipinski definition) is 1. The van der Waals surface area contributed by atoms with E-state index in [1.807, 2.05) is 37.3 Å². The molecule has 1 saturated heterocycles. The lowest BCUT2D eigenvalue weighted by molar-refractivity contribution is -0.922. The highest BCUT2D eigenvalue weighted by Crippen LogP contribution is 2.10. The fourth-order valence-electron chi connectivity index (χ4n) is 2.29. The largest absolute Gasteiger partial charge is 0.370 e. The van der Waals surface area contributed by atoms with Gasteiger partial charge in [-0.05, 0) is 36.5 Å². The monoisotopic (exact) mass is 280 g/mol. The Hall–Kier alpha value is -2.00. The fraction of sp³-hybridized carbons (Fsp3) is 0.368. The van der Waals surface area contributed by atoms with E-state index >= 15 is 0 Å². The van der Waals surface area contributed by atoms with Crippen LogP contribution in [0, 0.1) is 23.7 Å². The van der Waals surface area contributed by atoms with Gasteiger partial charge in [0.15, 0.2) is 0 Å². The molecule has 0 unspecified atom stereocenters. The predicted octanol–water partition coefficient (Wildman–Crippen LogP) is 2.46. The van der Waals surface area contributed by atoms with E-state index in [-0.39, 0.29) is 0 Å². The Morgan fingerprint density at radius 3 is 2.48 bits per heavy atom. The molecule has 1 aromatic rings. The quantitative estimate of drug-likeness (QED) is 0.597. The van der Waals surface area contributed by atoms with Gasteiger partial charge in [-0.2, -0.15) is 0 Å². The number of quaternary nitrogens is 1. The number of rotatable bonds is 2. The summed E-state index contributed by atoms with van der Waals surface area (Å²) < 4.78 is 6.39. The molecule has 0 aliphatic carbocycles. The van der Waals surface area contributed by atoms with Crippen LogP contribution >= 0.6 is 0 Å². The summed E-state index contributed by atoms with van der Waals surface area (Å²) in [6.07, 6.45) is 0. The van der Waals surface area contributed by atoms with Gasteiger partial charge < -0.3 is 4.74 Å². The van der Waals surface area contributed by atoms with E-state index in [2.05, 4.69) is 30.3 Å². The maximum atomic E-state index is 5.49. The third-order valence-electron chi connectivity index (χ3n) is 3.56. The van der Waals surface area contributed by atoms with Gasteiger partial charge in [-0.1, -0.05) is 36.6 Å². The van der Waals surface area contributed by atoms with Crippen LogP contribution in [0.15, 0.2) is 42.5 Å². The van der Waals surface area contributed by atoms with Crippen LogP contribution in [0.5, 0.6) is 0 Å². The zero-order valence-corrected chi connectivity index (χ0v) is 12.7. The number of hydrogen-bond donors (Lipinski definition) is 0. The van der Waals surface area contributed by atoms with Crippen molar-refractivity contribution in [1.82, 2.24) is 0 Å². The summed E-state index contributed by atoms with van der Waals surface area (Å²) in [5.74, 6) is 12.9. The van der Waals surface area contributed by atoms with Gasteiger partial charge >= 0.3 is 0 Å². The average molecular weight is 280 g/mol. The molecule has 2 heteroatoms. The van der Waals surface area contributed by atoms with Crippen molar-refractivity contribution in [3.63, 3.8) is 0 Å². The Bertz CT molecular complexity index is 589. The molecule has 1 aromatic carbocycles. The van der Waals surface area contributed by atoms with Crippen molar-refractivity contribution in [3.05, 3.63) is 48.0 Å². The highest BCUT2D eigenvalue weighted by atomic mass is 16.5. The van der Waals surface area contributed by atoms with Gasteiger partial charge in [-0.25, -0.2) is 0 Å². The Morgan fingerprint density at radius 1 is 1.14 bits per heavy atom. The van der Waals surface area contributed by atoms with Crippen LogP contribution in [-0.2, 0) is 4.74 Å². The Balaban J connectivity index is 2.05. The van der Waals surface area contributed by atoms with Crippen molar-refractivity contribution in [2.75, 3.05) is 39.4 Å². The Kier molecular flexibility index (Phi) is 5.64. The molecule has 0 spiro atoms. The van der Waals surface area contributed by atoms with Gasteiger partial charge in [0, 0.05) is 5.56 Å². The first kappa shape index (κ1) is 15.4. The van der Waals surface area contributed by atoms with E-state index in [0.717, 1.165) is 55.0 Å². The van der Waals surface area contributed by atoms with Crippen LogP contribution in [0.25, 0.3) is 0 Å². The van der Waals surface area contributed by atoms with Crippen LogP contribution in [0.1, 0.15) is 12.5 Å². The van der Waals surface area contributed by atoms with Crippen LogP contribution in [-0.4, -0.2) is 43.9 Å². The van der Waals surface area contributed by atoms with E-state index in [1.165, 1.54) is 0 Å². The number of ether oxygens (including phenoxy) is 1. The van der Waals surface area contributed by atoms with Crippen molar-refractivity contribution >= 4 is 0 Å². The summed E-state index contributed by atoms with van der Waals surface area (Å²) in [5.41, 5.74) is 1.98. The molecule has 1 aliphatic heterocycles. The molecule has 0 aromatic heterocycles. The topological polar surface area (TPSA) is 9.23 Å². The smallest absolute Gasteiger partial charge is 0.142 e. The van der Waals surface area contributed by atoms with Crippen molar-refractivity contribution in [2.45, 2.75) is 6.92 Å². The third kappa shape index (κ3) is 5.12. The zero-order chi connectivity index (χ0) is 15.0. The minimum Gasteiger partial charge on any atom is -0.370 e. The lowest BCUT2D eigenvalue weighted by Crippen LogP contribution is -2.55. The van der Waals surface area contributed by atoms with Crippen LogP contribution in [0.2, 0.25) is 0 Å². The normalized spacial score (nSPS) is 16.0. The molecule has 1 fully saturated rings. The van der Waals surface area contributed by atoms with Gasteiger partial charge in [-0.3, -0.25) is 4.48 Å². The van der Waals surface area contributed by atoms with Crippen LogP contribution in [0.3, 0.4) is 0 Å². The molecule has 1 aliphatic rings. The first-order valence-electron chi connectivity index (χ1n) is 7.31. The number of benzene rings is 1. The second kappa shape index (κ2) is 7.70. The number of allylic oxidation sites excluding steroid dienone is 1. The van der Waals surface area contributed by atoms with E-state index in [9.17, 15) is 0 Å². The zero-order valence-electron chi connectivity index (χ0n) is 12.7. The summed E-state index contributed by atoms with van der Waals surface area (Å²) in [6.45, 7) is 11.0. The highest BCUT2D eigenvalue weighted by molar-refractivity contribution is 5.33. The molecule has 0 saturated carbocycles.